The highest BCUT2D eigenvalue weighted by Gasteiger charge is 2.00. The fourth-order valence-electron chi connectivity index (χ4n) is 1.06. The van der Waals surface area contributed by atoms with Crippen LogP contribution in [0.5, 0.6) is 0 Å². The monoisotopic (exact) mass is 175 g/mol. The number of pyridine rings is 1. The van der Waals surface area contributed by atoms with E-state index in [-0.39, 0.29) is 0 Å². The number of hydrogen-bond acceptors (Lipinski definition) is 3. The second-order valence-electron chi connectivity index (χ2n) is 3.02. The van der Waals surface area contributed by atoms with Gasteiger partial charge in [0.05, 0.1) is 12.5 Å². The van der Waals surface area contributed by atoms with E-state index in [1.807, 2.05) is 31.0 Å². The van der Waals surface area contributed by atoms with Gasteiger partial charge in [0.15, 0.2) is 0 Å². The average Bonchev–Trinajstić information content (AvgIpc) is 2.14. The molecule has 13 heavy (non-hydrogen) atoms. The van der Waals surface area contributed by atoms with E-state index in [9.17, 15) is 0 Å². The van der Waals surface area contributed by atoms with E-state index in [1.165, 1.54) is 5.56 Å². The molecule has 0 atom stereocenters. The van der Waals surface area contributed by atoms with Crippen LogP contribution in [0.2, 0.25) is 0 Å². The van der Waals surface area contributed by atoms with Crippen molar-refractivity contribution in [2.45, 2.75) is 13.3 Å². The van der Waals surface area contributed by atoms with Crippen molar-refractivity contribution < 1.29 is 0 Å². The Morgan fingerprint density at radius 3 is 3.00 bits per heavy atom. The summed E-state index contributed by atoms with van der Waals surface area (Å²) < 4.78 is 0. The lowest BCUT2D eigenvalue weighted by molar-refractivity contribution is 0.883. The smallest absolute Gasteiger partial charge is 0.128 e. The van der Waals surface area contributed by atoms with Gasteiger partial charge in [0.2, 0.25) is 0 Å². The van der Waals surface area contributed by atoms with Crippen molar-refractivity contribution in [1.82, 2.24) is 4.98 Å². The average molecular weight is 175 g/mol. The van der Waals surface area contributed by atoms with Gasteiger partial charge in [-0.2, -0.15) is 5.26 Å². The predicted molar refractivity (Wildman–Crippen MR) is 52.5 cm³/mol. The number of nitrogens with zero attached hydrogens (tertiary/aromatic N) is 3. The molecule has 68 valence electrons. The quantitative estimate of drug-likeness (QED) is 0.702. The zero-order chi connectivity index (χ0) is 9.68. The molecule has 0 aliphatic rings. The summed E-state index contributed by atoms with van der Waals surface area (Å²) in [6.07, 6.45) is 2.32. The minimum atomic E-state index is 0.534. The second kappa shape index (κ2) is 4.46. The van der Waals surface area contributed by atoms with Crippen LogP contribution < -0.4 is 4.90 Å². The summed E-state index contributed by atoms with van der Waals surface area (Å²) in [7, 11) is 1.94. The van der Waals surface area contributed by atoms with Crippen molar-refractivity contribution in [1.29, 1.82) is 5.26 Å². The topological polar surface area (TPSA) is 39.9 Å². The highest BCUT2D eigenvalue weighted by atomic mass is 15.2. The molecule has 1 heterocycles. The number of aryl methyl sites for hydroxylation is 1. The lowest BCUT2D eigenvalue weighted by Crippen LogP contribution is -2.19. The zero-order valence-electron chi connectivity index (χ0n) is 7.99. The number of rotatable bonds is 3. The first-order valence-electron chi connectivity index (χ1n) is 4.25. The molecule has 0 saturated carbocycles. The van der Waals surface area contributed by atoms with Gasteiger partial charge in [-0.25, -0.2) is 4.98 Å². The molecule has 0 N–H and O–H groups in total. The summed E-state index contributed by atoms with van der Waals surface area (Å²) in [5.41, 5.74) is 1.19. The Morgan fingerprint density at radius 2 is 2.38 bits per heavy atom. The molecule has 3 heteroatoms. The number of hydrogen-bond donors (Lipinski definition) is 0. The molecular formula is C10H13N3. The molecule has 0 aliphatic carbocycles. The Balaban J connectivity index is 2.66. The molecule has 0 aromatic carbocycles. The number of nitriles is 1. The van der Waals surface area contributed by atoms with Gasteiger partial charge in [0, 0.05) is 19.8 Å². The molecule has 0 radical (unpaired) electrons. The van der Waals surface area contributed by atoms with Crippen LogP contribution in [0.15, 0.2) is 18.3 Å². The molecule has 0 aliphatic heterocycles. The van der Waals surface area contributed by atoms with Gasteiger partial charge >= 0.3 is 0 Å². The van der Waals surface area contributed by atoms with E-state index in [0.29, 0.717) is 6.42 Å². The highest BCUT2D eigenvalue weighted by Crippen LogP contribution is 2.09. The lowest BCUT2D eigenvalue weighted by atomic mass is 10.3. The number of anilines is 1. The van der Waals surface area contributed by atoms with E-state index in [1.54, 1.807) is 6.20 Å². The van der Waals surface area contributed by atoms with Crippen molar-refractivity contribution in [3.05, 3.63) is 23.9 Å². The molecule has 0 unspecified atom stereocenters. The largest absolute Gasteiger partial charge is 0.359 e. The van der Waals surface area contributed by atoms with Gasteiger partial charge < -0.3 is 4.90 Å². The third-order valence-corrected chi connectivity index (χ3v) is 1.85. The predicted octanol–water partition coefficient (Wildman–Crippen LogP) is 1.74. The van der Waals surface area contributed by atoms with Gasteiger partial charge in [-0.05, 0) is 24.6 Å². The first-order valence-corrected chi connectivity index (χ1v) is 4.25. The third kappa shape index (κ3) is 2.75. The van der Waals surface area contributed by atoms with E-state index in [4.69, 9.17) is 5.26 Å². The molecule has 1 aromatic heterocycles. The molecule has 0 amide bonds. The maximum Gasteiger partial charge on any atom is 0.128 e. The van der Waals surface area contributed by atoms with Crippen molar-refractivity contribution in [2.75, 3.05) is 18.5 Å². The Bertz CT molecular complexity index is 314. The molecular weight excluding hydrogens is 162 g/mol. The van der Waals surface area contributed by atoms with Crippen LogP contribution in [-0.2, 0) is 0 Å². The van der Waals surface area contributed by atoms with E-state index < -0.39 is 0 Å². The highest BCUT2D eigenvalue weighted by molar-refractivity contribution is 5.39. The second-order valence-corrected chi connectivity index (χ2v) is 3.02. The van der Waals surface area contributed by atoms with Crippen LogP contribution in [0, 0.1) is 18.3 Å². The van der Waals surface area contributed by atoms with Crippen LogP contribution >= 0.6 is 0 Å². The molecule has 0 saturated heterocycles. The minimum Gasteiger partial charge on any atom is -0.359 e. The van der Waals surface area contributed by atoms with Crippen LogP contribution in [0.25, 0.3) is 0 Å². The number of aromatic nitrogens is 1. The van der Waals surface area contributed by atoms with Crippen molar-refractivity contribution in [3.63, 3.8) is 0 Å². The van der Waals surface area contributed by atoms with Gasteiger partial charge in [-0.3, -0.25) is 0 Å². The van der Waals surface area contributed by atoms with Crippen LogP contribution in [0.3, 0.4) is 0 Å². The van der Waals surface area contributed by atoms with E-state index in [2.05, 4.69) is 11.1 Å². The Morgan fingerprint density at radius 1 is 1.62 bits per heavy atom. The van der Waals surface area contributed by atoms with Gasteiger partial charge in [-0.1, -0.05) is 0 Å². The van der Waals surface area contributed by atoms with Gasteiger partial charge in [0.25, 0.3) is 0 Å². The summed E-state index contributed by atoms with van der Waals surface area (Å²) in [5.74, 6) is 0.926. The summed E-state index contributed by atoms with van der Waals surface area (Å²) in [5, 5.41) is 8.42. The maximum atomic E-state index is 8.42. The van der Waals surface area contributed by atoms with Crippen LogP contribution in [0.1, 0.15) is 12.0 Å². The molecule has 0 spiro atoms. The fourth-order valence-corrected chi connectivity index (χ4v) is 1.06. The van der Waals surface area contributed by atoms with Crippen molar-refractivity contribution in [3.8, 4) is 6.07 Å². The molecule has 0 fully saturated rings. The first kappa shape index (κ1) is 9.53. The molecule has 1 aromatic rings. The summed E-state index contributed by atoms with van der Waals surface area (Å²) >= 11 is 0. The van der Waals surface area contributed by atoms with Crippen molar-refractivity contribution in [2.24, 2.45) is 0 Å². The zero-order valence-corrected chi connectivity index (χ0v) is 7.99. The van der Waals surface area contributed by atoms with Crippen molar-refractivity contribution >= 4 is 5.82 Å². The first-order chi connectivity index (χ1) is 6.24. The third-order valence-electron chi connectivity index (χ3n) is 1.85. The van der Waals surface area contributed by atoms with E-state index >= 15 is 0 Å². The van der Waals surface area contributed by atoms with E-state index in [0.717, 1.165) is 12.4 Å². The minimum absolute atomic E-state index is 0.534. The lowest BCUT2D eigenvalue weighted by Gasteiger charge is -2.16. The van der Waals surface area contributed by atoms with Gasteiger partial charge in [-0.15, -0.1) is 0 Å². The molecule has 3 nitrogen and oxygen atoms in total. The standard InChI is InChI=1S/C10H13N3/c1-9-4-6-12-10(8-9)13(2)7-3-5-11/h4,6,8H,3,7H2,1-2H3. The van der Waals surface area contributed by atoms with Crippen LogP contribution in [0.4, 0.5) is 5.82 Å². The molecule has 1 rings (SSSR count). The summed E-state index contributed by atoms with van der Waals surface area (Å²) in [6, 6.07) is 6.08. The van der Waals surface area contributed by atoms with Crippen LogP contribution in [-0.4, -0.2) is 18.6 Å². The summed E-state index contributed by atoms with van der Waals surface area (Å²) in [4.78, 5) is 6.19. The van der Waals surface area contributed by atoms with Gasteiger partial charge in [0.1, 0.15) is 5.82 Å². The Labute approximate surface area is 78.6 Å². The summed E-state index contributed by atoms with van der Waals surface area (Å²) in [6.45, 7) is 2.76. The molecule has 0 bridgehead atoms. The fraction of sp³-hybridized carbons (Fsp3) is 0.400. The Kier molecular flexibility index (Phi) is 3.27. The Hall–Kier alpha value is -1.56. The normalized spacial score (nSPS) is 9.31. The SMILES string of the molecule is Cc1ccnc(N(C)CCC#N)c1. The maximum absolute atomic E-state index is 8.42.